The standard InChI is InChI=1S/C29H37N5O10/c1-15-11-21-22(12-16(15)2)34(27-25(30-21)28(39)33(29(40)31-27)10-9-32(7)8)13-23(42-18(4)36)26(44-20(6)38)24(43-19(5)37)14-41-17(3)35/h11-12,23-24,26H,9-10,13-14H2,1-8H3/p+1. The minimum Gasteiger partial charge on any atom is -0.462 e. The summed E-state index contributed by atoms with van der Waals surface area (Å²) >= 11 is 0. The van der Waals surface area contributed by atoms with Crippen LogP contribution in [-0.4, -0.2) is 88.5 Å². The van der Waals surface area contributed by atoms with Crippen molar-refractivity contribution >= 4 is 34.9 Å². The molecule has 0 saturated heterocycles. The van der Waals surface area contributed by atoms with Crippen molar-refractivity contribution in [2.75, 3.05) is 27.2 Å². The predicted molar refractivity (Wildman–Crippen MR) is 155 cm³/mol. The average Bonchev–Trinajstić information content (AvgIpc) is 2.90. The quantitative estimate of drug-likeness (QED) is 0.152. The number of aryl methyl sites for hydroxylation is 2. The average molecular weight is 617 g/mol. The normalized spacial score (nSPS) is 13.4. The Bertz CT molecular complexity index is 1660. The van der Waals surface area contributed by atoms with E-state index in [1.54, 1.807) is 12.1 Å². The largest absolute Gasteiger partial charge is 0.462 e. The first-order valence-corrected chi connectivity index (χ1v) is 13.9. The molecule has 15 nitrogen and oxygen atoms in total. The molecule has 0 fully saturated rings. The van der Waals surface area contributed by atoms with Crippen LogP contribution in [0.25, 0.3) is 22.6 Å². The lowest BCUT2D eigenvalue weighted by atomic mass is 10.1. The third-order valence-corrected chi connectivity index (χ3v) is 6.78. The molecule has 3 atom stereocenters. The van der Waals surface area contributed by atoms with Crippen LogP contribution in [0.3, 0.4) is 0 Å². The number of aromatic nitrogens is 4. The summed E-state index contributed by atoms with van der Waals surface area (Å²) in [6.07, 6.45) is -4.25. The smallest absolute Gasteiger partial charge is 0.352 e. The molecule has 0 amide bonds. The first kappa shape index (κ1) is 33.8. The van der Waals surface area contributed by atoms with E-state index in [1.165, 1.54) is 4.57 Å². The molecule has 1 aromatic rings. The first-order chi connectivity index (χ1) is 20.6. The lowest BCUT2D eigenvalue weighted by Crippen LogP contribution is -3.06. The van der Waals surface area contributed by atoms with Crippen LogP contribution in [-0.2, 0) is 51.2 Å². The molecular weight excluding hydrogens is 578 g/mol. The highest BCUT2D eigenvalue weighted by molar-refractivity contribution is 5.81. The number of esters is 4. The van der Waals surface area contributed by atoms with Gasteiger partial charge in [-0.05, 0) is 37.1 Å². The number of ether oxygens (including phenoxy) is 4. The Morgan fingerprint density at radius 3 is 1.98 bits per heavy atom. The van der Waals surface area contributed by atoms with Crippen LogP contribution in [0.15, 0.2) is 21.7 Å². The van der Waals surface area contributed by atoms with Gasteiger partial charge in [-0.1, -0.05) is 0 Å². The number of benzene rings is 1. The Kier molecular flexibility index (Phi) is 10.9. The second-order valence-electron chi connectivity index (χ2n) is 10.8. The van der Waals surface area contributed by atoms with Crippen molar-refractivity contribution in [1.29, 1.82) is 0 Å². The van der Waals surface area contributed by atoms with Crippen molar-refractivity contribution < 1.29 is 43.0 Å². The van der Waals surface area contributed by atoms with Gasteiger partial charge in [0.25, 0.3) is 5.56 Å². The second kappa shape index (κ2) is 14.2. The molecule has 44 heavy (non-hydrogen) atoms. The molecule has 1 aromatic carbocycles. The van der Waals surface area contributed by atoms with Crippen LogP contribution in [0.1, 0.15) is 38.8 Å². The minimum absolute atomic E-state index is 0.0908. The zero-order valence-electron chi connectivity index (χ0n) is 26.1. The molecule has 0 spiro atoms. The lowest BCUT2D eigenvalue weighted by molar-refractivity contribution is -0.859. The Morgan fingerprint density at radius 2 is 1.41 bits per heavy atom. The first-order valence-electron chi connectivity index (χ1n) is 13.9. The number of rotatable bonds is 12. The lowest BCUT2D eigenvalue weighted by Gasteiger charge is -2.32. The fraction of sp³-hybridized carbons (Fsp3) is 0.517. The predicted octanol–water partition coefficient (Wildman–Crippen LogP) is -0.822. The van der Waals surface area contributed by atoms with E-state index in [1.807, 2.05) is 27.9 Å². The van der Waals surface area contributed by atoms with E-state index >= 15 is 0 Å². The molecule has 0 radical (unpaired) electrons. The van der Waals surface area contributed by atoms with Gasteiger partial charge in [-0.15, -0.1) is 0 Å². The zero-order valence-corrected chi connectivity index (χ0v) is 26.1. The maximum atomic E-state index is 13.6. The zero-order chi connectivity index (χ0) is 32.9. The molecule has 15 heteroatoms. The maximum absolute atomic E-state index is 13.6. The number of nitrogens with one attached hydrogen (secondary N) is 1. The van der Waals surface area contributed by atoms with E-state index < -0.39 is 60.0 Å². The van der Waals surface area contributed by atoms with Crippen LogP contribution in [0.5, 0.6) is 0 Å². The summed E-state index contributed by atoms with van der Waals surface area (Å²) in [6.45, 7) is 7.96. The molecule has 2 heterocycles. The van der Waals surface area contributed by atoms with E-state index in [0.717, 1.165) is 48.3 Å². The summed E-state index contributed by atoms with van der Waals surface area (Å²) in [6, 6.07) is 3.55. The number of likely N-dealkylation sites (N-methyl/N-ethyl adjacent to an activating group) is 1. The van der Waals surface area contributed by atoms with Crippen LogP contribution >= 0.6 is 0 Å². The Balaban J connectivity index is 2.32. The van der Waals surface area contributed by atoms with Gasteiger partial charge in [0.1, 0.15) is 6.61 Å². The highest BCUT2D eigenvalue weighted by atomic mass is 16.6. The van der Waals surface area contributed by atoms with E-state index in [0.29, 0.717) is 17.6 Å². The number of fused-ring (bicyclic) bond motifs is 2. The van der Waals surface area contributed by atoms with Crippen LogP contribution in [0.4, 0.5) is 0 Å². The van der Waals surface area contributed by atoms with Gasteiger partial charge in [0.2, 0.25) is 0 Å². The number of hydrogen-bond acceptors (Lipinski definition) is 12. The van der Waals surface area contributed by atoms with Crippen molar-refractivity contribution in [1.82, 2.24) is 19.1 Å². The molecule has 2 aliphatic rings. The summed E-state index contributed by atoms with van der Waals surface area (Å²) in [7, 11) is 3.77. The highest BCUT2D eigenvalue weighted by Gasteiger charge is 2.39. The Morgan fingerprint density at radius 1 is 0.818 bits per heavy atom. The van der Waals surface area contributed by atoms with Crippen molar-refractivity contribution in [3.63, 3.8) is 0 Å². The number of hydrogen-bond donors (Lipinski definition) is 1. The molecule has 0 bridgehead atoms. The maximum Gasteiger partial charge on any atom is 0.352 e. The molecular formula is C29H38N5O10+. The summed E-state index contributed by atoms with van der Waals surface area (Å²) in [5, 5.41) is 0. The molecule has 0 saturated carbocycles. The minimum atomic E-state index is -1.48. The van der Waals surface area contributed by atoms with Crippen molar-refractivity contribution in [2.24, 2.45) is 0 Å². The van der Waals surface area contributed by atoms with Gasteiger partial charge in [0.05, 0.1) is 44.8 Å². The number of quaternary nitrogens is 1. The topological polar surface area (TPSA) is 179 Å². The fourth-order valence-electron chi connectivity index (χ4n) is 4.64. The summed E-state index contributed by atoms with van der Waals surface area (Å²) in [4.78, 5) is 84.8. The summed E-state index contributed by atoms with van der Waals surface area (Å²) < 4.78 is 24.0. The molecule has 2 aliphatic heterocycles. The second-order valence-corrected chi connectivity index (χ2v) is 10.8. The Labute approximate surface area is 253 Å². The van der Waals surface area contributed by atoms with Crippen molar-refractivity contribution in [2.45, 2.75) is 72.9 Å². The van der Waals surface area contributed by atoms with E-state index in [2.05, 4.69) is 9.97 Å². The van der Waals surface area contributed by atoms with Gasteiger partial charge < -0.3 is 28.4 Å². The van der Waals surface area contributed by atoms with Crippen LogP contribution in [0.2, 0.25) is 0 Å². The number of nitrogens with zero attached hydrogens (tertiary/aromatic N) is 4. The molecule has 0 aromatic heterocycles. The number of carbonyl (C=O) groups is 4. The van der Waals surface area contributed by atoms with Crippen molar-refractivity contribution in [3.8, 4) is 11.5 Å². The Hall–Kier alpha value is -4.66. The number of carbonyl (C=O) groups excluding carboxylic acids is 4. The van der Waals surface area contributed by atoms with Gasteiger partial charge in [-0.2, -0.15) is 4.98 Å². The fourth-order valence-corrected chi connectivity index (χ4v) is 4.64. The van der Waals surface area contributed by atoms with Gasteiger partial charge in [0.15, 0.2) is 29.8 Å². The van der Waals surface area contributed by atoms with Crippen LogP contribution < -0.4 is 16.1 Å². The summed E-state index contributed by atoms with van der Waals surface area (Å²) in [5.41, 5.74) is 1.02. The van der Waals surface area contributed by atoms with Gasteiger partial charge >= 0.3 is 29.6 Å². The third-order valence-electron chi connectivity index (χ3n) is 6.78. The van der Waals surface area contributed by atoms with Crippen molar-refractivity contribution in [3.05, 3.63) is 44.1 Å². The van der Waals surface area contributed by atoms with Gasteiger partial charge in [0, 0.05) is 27.7 Å². The van der Waals surface area contributed by atoms with Crippen LogP contribution in [0, 0.1) is 13.8 Å². The molecule has 3 rings (SSSR count). The highest BCUT2D eigenvalue weighted by Crippen LogP contribution is 2.26. The third kappa shape index (κ3) is 8.24. The van der Waals surface area contributed by atoms with Gasteiger partial charge in [-0.3, -0.25) is 28.5 Å². The van der Waals surface area contributed by atoms with E-state index in [-0.39, 0.29) is 24.6 Å². The van der Waals surface area contributed by atoms with E-state index in [4.69, 9.17) is 18.9 Å². The SMILES string of the molecule is CC(=O)OCC(OC(C)=O)C(OC(C)=O)C(Cn1c2nc(=O)n(CC[NH+](C)C)c(=O)c-2nc2cc(C)c(C)cc21)OC(C)=O. The van der Waals surface area contributed by atoms with Gasteiger partial charge in [-0.25, -0.2) is 9.78 Å². The molecule has 3 unspecified atom stereocenters. The summed E-state index contributed by atoms with van der Waals surface area (Å²) in [5.74, 6) is -3.15. The van der Waals surface area contributed by atoms with E-state index in [9.17, 15) is 28.8 Å². The molecule has 238 valence electrons. The molecule has 0 aliphatic carbocycles. The molecule has 1 N–H and O–H groups in total. The monoisotopic (exact) mass is 616 g/mol.